The Morgan fingerprint density at radius 2 is 2.39 bits per heavy atom. The van der Waals surface area contributed by atoms with Crippen LogP contribution in [0.5, 0.6) is 0 Å². The molecule has 0 bridgehead atoms. The van der Waals surface area contributed by atoms with Crippen LogP contribution in [0.1, 0.15) is 24.0 Å². The maximum atomic E-state index is 11.2. The van der Waals surface area contributed by atoms with E-state index in [0.717, 1.165) is 6.42 Å². The zero-order valence-electron chi connectivity index (χ0n) is 10.6. The van der Waals surface area contributed by atoms with E-state index in [1.54, 1.807) is 0 Å². The molecule has 1 aliphatic rings. The second kappa shape index (κ2) is 6.25. The number of rotatable bonds is 4. The number of aryl methyl sites for hydroxylation is 2. The Morgan fingerprint density at radius 1 is 1.56 bits per heavy atom. The lowest BCUT2D eigenvalue weighted by Crippen LogP contribution is -2.31. The number of benzene rings is 1. The van der Waals surface area contributed by atoms with Crippen molar-refractivity contribution in [1.82, 2.24) is 0 Å². The number of ether oxygens (including phenoxy) is 1. The zero-order valence-corrected chi connectivity index (χ0v) is 11.5. The molecule has 98 valence electrons. The lowest BCUT2D eigenvalue weighted by atomic mass is 10.0. The SMILES string of the molecule is COC(=O)C(N)CCc1ccc2c(c1)CCCS2. The van der Waals surface area contributed by atoms with Gasteiger partial charge in [0.2, 0.25) is 0 Å². The van der Waals surface area contributed by atoms with Gasteiger partial charge >= 0.3 is 5.97 Å². The molecule has 0 aliphatic carbocycles. The van der Waals surface area contributed by atoms with Gasteiger partial charge in [-0.3, -0.25) is 4.79 Å². The molecule has 0 saturated heterocycles. The van der Waals surface area contributed by atoms with E-state index < -0.39 is 6.04 Å². The highest BCUT2D eigenvalue weighted by molar-refractivity contribution is 7.99. The molecule has 0 saturated carbocycles. The van der Waals surface area contributed by atoms with Gasteiger partial charge in [-0.2, -0.15) is 0 Å². The second-order valence-electron chi connectivity index (χ2n) is 4.56. The first kappa shape index (κ1) is 13.4. The van der Waals surface area contributed by atoms with E-state index in [2.05, 4.69) is 22.9 Å². The van der Waals surface area contributed by atoms with Crippen LogP contribution in [-0.2, 0) is 22.4 Å². The molecule has 18 heavy (non-hydrogen) atoms. The predicted octanol–water partition coefficient (Wildman–Crippen LogP) is 2.16. The third-order valence-electron chi connectivity index (χ3n) is 3.22. The van der Waals surface area contributed by atoms with Crippen LogP contribution in [0.4, 0.5) is 0 Å². The number of carbonyl (C=O) groups excluding carboxylic acids is 1. The van der Waals surface area contributed by atoms with Gasteiger partial charge in [-0.1, -0.05) is 12.1 Å². The Labute approximate surface area is 112 Å². The Morgan fingerprint density at radius 3 is 3.17 bits per heavy atom. The Kier molecular flexibility index (Phi) is 4.66. The quantitative estimate of drug-likeness (QED) is 0.848. The zero-order chi connectivity index (χ0) is 13.0. The van der Waals surface area contributed by atoms with E-state index in [0.29, 0.717) is 6.42 Å². The molecule has 1 unspecified atom stereocenters. The molecule has 2 rings (SSSR count). The molecule has 4 heteroatoms. The van der Waals surface area contributed by atoms with Gasteiger partial charge in [0.05, 0.1) is 7.11 Å². The monoisotopic (exact) mass is 265 g/mol. The van der Waals surface area contributed by atoms with Crippen LogP contribution in [0.3, 0.4) is 0 Å². The van der Waals surface area contributed by atoms with E-state index in [1.807, 2.05) is 11.8 Å². The van der Waals surface area contributed by atoms with Crippen LogP contribution in [0.25, 0.3) is 0 Å². The van der Waals surface area contributed by atoms with Crippen molar-refractivity contribution >= 4 is 17.7 Å². The summed E-state index contributed by atoms with van der Waals surface area (Å²) in [6.07, 6.45) is 3.88. The maximum Gasteiger partial charge on any atom is 0.322 e. The fourth-order valence-electron chi connectivity index (χ4n) is 2.16. The van der Waals surface area contributed by atoms with Crippen LogP contribution in [0.2, 0.25) is 0 Å². The molecule has 0 spiro atoms. The molecule has 1 aliphatic heterocycles. The Hall–Kier alpha value is -1.00. The lowest BCUT2D eigenvalue weighted by Gasteiger charge is -2.16. The average Bonchev–Trinajstić information content (AvgIpc) is 2.43. The number of thioether (sulfide) groups is 1. The number of nitrogens with two attached hydrogens (primary N) is 1. The molecule has 1 heterocycles. The van der Waals surface area contributed by atoms with Gasteiger partial charge in [-0.15, -0.1) is 11.8 Å². The molecule has 1 aromatic carbocycles. The second-order valence-corrected chi connectivity index (χ2v) is 5.70. The maximum absolute atomic E-state index is 11.2. The van der Waals surface area contributed by atoms with Crippen LogP contribution in [-0.4, -0.2) is 24.9 Å². The molecule has 1 atom stereocenters. The third kappa shape index (κ3) is 3.27. The van der Waals surface area contributed by atoms with E-state index in [1.165, 1.54) is 41.7 Å². The smallest absolute Gasteiger partial charge is 0.322 e. The summed E-state index contributed by atoms with van der Waals surface area (Å²) in [6.45, 7) is 0. The summed E-state index contributed by atoms with van der Waals surface area (Å²) in [7, 11) is 1.37. The summed E-state index contributed by atoms with van der Waals surface area (Å²) in [6, 6.07) is 6.07. The van der Waals surface area contributed by atoms with Crippen molar-refractivity contribution < 1.29 is 9.53 Å². The lowest BCUT2D eigenvalue weighted by molar-refractivity contribution is -0.142. The van der Waals surface area contributed by atoms with E-state index in [9.17, 15) is 4.79 Å². The number of fused-ring (bicyclic) bond motifs is 1. The van der Waals surface area contributed by atoms with Gasteiger partial charge in [0.25, 0.3) is 0 Å². The fraction of sp³-hybridized carbons (Fsp3) is 0.500. The summed E-state index contributed by atoms with van der Waals surface area (Å²) < 4.78 is 4.62. The molecule has 0 amide bonds. The normalized spacial score (nSPS) is 15.9. The molecule has 1 aromatic rings. The minimum absolute atomic E-state index is 0.330. The van der Waals surface area contributed by atoms with Crippen molar-refractivity contribution in [1.29, 1.82) is 0 Å². The Bertz CT molecular complexity index is 434. The fourth-order valence-corrected chi connectivity index (χ4v) is 3.18. The summed E-state index contributed by atoms with van der Waals surface area (Å²) in [5.74, 6) is 0.892. The molecular formula is C14H19NO2S. The van der Waals surface area contributed by atoms with Crippen molar-refractivity contribution in [3.63, 3.8) is 0 Å². The van der Waals surface area contributed by atoms with E-state index >= 15 is 0 Å². The van der Waals surface area contributed by atoms with Crippen molar-refractivity contribution in [3.05, 3.63) is 29.3 Å². The highest BCUT2D eigenvalue weighted by Gasteiger charge is 2.14. The first-order valence-corrected chi connectivity index (χ1v) is 7.27. The summed E-state index contributed by atoms with van der Waals surface area (Å²) in [4.78, 5) is 12.6. The number of methoxy groups -OCH3 is 1. The summed E-state index contributed by atoms with van der Waals surface area (Å²) in [5.41, 5.74) is 8.43. The van der Waals surface area contributed by atoms with Gasteiger partial charge in [-0.05, 0) is 48.6 Å². The van der Waals surface area contributed by atoms with Gasteiger partial charge in [0, 0.05) is 4.90 Å². The van der Waals surface area contributed by atoms with Gasteiger partial charge < -0.3 is 10.5 Å². The van der Waals surface area contributed by atoms with Crippen LogP contribution in [0, 0.1) is 0 Å². The van der Waals surface area contributed by atoms with Crippen molar-refractivity contribution in [2.24, 2.45) is 5.73 Å². The number of hydrogen-bond donors (Lipinski definition) is 1. The molecule has 0 radical (unpaired) electrons. The van der Waals surface area contributed by atoms with Gasteiger partial charge in [0.1, 0.15) is 6.04 Å². The predicted molar refractivity (Wildman–Crippen MR) is 73.8 cm³/mol. The topological polar surface area (TPSA) is 52.3 Å². The summed E-state index contributed by atoms with van der Waals surface area (Å²) >= 11 is 1.93. The minimum atomic E-state index is -0.514. The van der Waals surface area contributed by atoms with Crippen LogP contribution < -0.4 is 5.73 Å². The molecule has 0 aromatic heterocycles. The van der Waals surface area contributed by atoms with E-state index in [4.69, 9.17) is 5.73 Å². The first-order valence-electron chi connectivity index (χ1n) is 6.28. The Balaban J connectivity index is 1.96. The molecule has 3 nitrogen and oxygen atoms in total. The highest BCUT2D eigenvalue weighted by Crippen LogP contribution is 2.30. The minimum Gasteiger partial charge on any atom is -0.468 e. The largest absolute Gasteiger partial charge is 0.468 e. The van der Waals surface area contributed by atoms with Gasteiger partial charge in [-0.25, -0.2) is 0 Å². The molecular weight excluding hydrogens is 246 g/mol. The summed E-state index contributed by atoms with van der Waals surface area (Å²) in [5, 5.41) is 0. The number of hydrogen-bond acceptors (Lipinski definition) is 4. The van der Waals surface area contributed by atoms with Gasteiger partial charge in [0.15, 0.2) is 0 Å². The molecule has 2 N–H and O–H groups in total. The number of esters is 1. The van der Waals surface area contributed by atoms with Crippen molar-refractivity contribution in [2.75, 3.05) is 12.9 Å². The van der Waals surface area contributed by atoms with E-state index in [-0.39, 0.29) is 5.97 Å². The van der Waals surface area contributed by atoms with Crippen molar-refractivity contribution in [2.45, 2.75) is 36.6 Å². The van der Waals surface area contributed by atoms with Crippen LogP contribution in [0.15, 0.2) is 23.1 Å². The van der Waals surface area contributed by atoms with Crippen LogP contribution >= 0.6 is 11.8 Å². The van der Waals surface area contributed by atoms with Crippen molar-refractivity contribution in [3.8, 4) is 0 Å². The third-order valence-corrected chi connectivity index (χ3v) is 4.42. The standard InChI is InChI=1S/C14H19NO2S/c1-17-14(16)12(15)6-4-10-5-7-13-11(9-10)3-2-8-18-13/h5,7,9,12H,2-4,6,8,15H2,1H3. The number of carbonyl (C=O) groups is 1. The first-order chi connectivity index (χ1) is 8.70. The average molecular weight is 265 g/mol. The molecule has 0 fully saturated rings. The highest BCUT2D eigenvalue weighted by atomic mass is 32.2.